The summed E-state index contributed by atoms with van der Waals surface area (Å²) in [7, 11) is 2.05. The molecule has 2 atom stereocenters. The number of rotatable bonds is 7. The highest BCUT2D eigenvalue weighted by atomic mass is 16.5. The zero-order chi connectivity index (χ0) is 12.7. The largest absolute Gasteiger partial charge is 0.381 e. The Bertz CT molecular complexity index is 204. The quantitative estimate of drug-likeness (QED) is 0.745. The van der Waals surface area contributed by atoms with Crippen molar-refractivity contribution in [2.75, 3.05) is 26.9 Å². The number of ether oxygens (including phenoxy) is 2. The molecular formula is C14H29NO2. The Hall–Kier alpha value is -0.120. The molecule has 0 spiro atoms. The van der Waals surface area contributed by atoms with Gasteiger partial charge in [0.15, 0.2) is 0 Å². The fourth-order valence-corrected chi connectivity index (χ4v) is 2.77. The van der Waals surface area contributed by atoms with Crippen LogP contribution in [0.25, 0.3) is 0 Å². The van der Waals surface area contributed by atoms with E-state index in [2.05, 4.69) is 33.1 Å². The van der Waals surface area contributed by atoms with Crippen LogP contribution in [-0.2, 0) is 9.47 Å². The molecule has 0 aromatic rings. The predicted molar refractivity (Wildman–Crippen MR) is 71.3 cm³/mol. The Labute approximate surface area is 106 Å². The summed E-state index contributed by atoms with van der Waals surface area (Å²) >= 11 is 0. The summed E-state index contributed by atoms with van der Waals surface area (Å²) in [5, 5.41) is 3.46. The maximum atomic E-state index is 5.98. The van der Waals surface area contributed by atoms with Gasteiger partial charge in [-0.3, -0.25) is 0 Å². The molecule has 0 aliphatic carbocycles. The zero-order valence-corrected chi connectivity index (χ0v) is 11.9. The van der Waals surface area contributed by atoms with Crippen LogP contribution in [0.2, 0.25) is 0 Å². The molecule has 102 valence electrons. The summed E-state index contributed by atoms with van der Waals surface area (Å²) in [4.78, 5) is 0. The third-order valence-corrected chi connectivity index (χ3v) is 4.17. The van der Waals surface area contributed by atoms with Crippen LogP contribution in [0.15, 0.2) is 0 Å². The first-order chi connectivity index (χ1) is 8.16. The van der Waals surface area contributed by atoms with Gasteiger partial charge in [0.1, 0.15) is 0 Å². The Morgan fingerprint density at radius 2 is 2.00 bits per heavy atom. The van der Waals surface area contributed by atoms with Crippen LogP contribution >= 0.6 is 0 Å². The number of nitrogens with one attached hydrogen (secondary N) is 1. The van der Waals surface area contributed by atoms with Gasteiger partial charge in [-0.05, 0) is 52.5 Å². The van der Waals surface area contributed by atoms with Crippen molar-refractivity contribution in [3.05, 3.63) is 0 Å². The molecule has 1 rings (SSSR count). The van der Waals surface area contributed by atoms with E-state index >= 15 is 0 Å². The lowest BCUT2D eigenvalue weighted by atomic mass is 9.83. The third-order valence-electron chi connectivity index (χ3n) is 4.17. The Balaban J connectivity index is 2.55. The molecule has 3 heteroatoms. The van der Waals surface area contributed by atoms with Gasteiger partial charge in [0.2, 0.25) is 0 Å². The van der Waals surface area contributed by atoms with E-state index in [0.717, 1.165) is 32.2 Å². The van der Waals surface area contributed by atoms with Gasteiger partial charge < -0.3 is 14.8 Å². The maximum absolute atomic E-state index is 5.98. The second-order valence-corrected chi connectivity index (χ2v) is 5.23. The molecule has 0 aromatic heterocycles. The van der Waals surface area contributed by atoms with Crippen molar-refractivity contribution in [1.29, 1.82) is 0 Å². The van der Waals surface area contributed by atoms with Gasteiger partial charge in [0.05, 0.1) is 5.60 Å². The molecule has 1 N–H and O–H groups in total. The Kier molecular flexibility index (Phi) is 6.45. The first kappa shape index (κ1) is 14.9. The lowest BCUT2D eigenvalue weighted by Crippen LogP contribution is -2.50. The molecule has 17 heavy (non-hydrogen) atoms. The second kappa shape index (κ2) is 7.34. The standard InChI is InChI=1S/C14H29NO2/c1-5-14(3,17-6-2)13(15-4)11-12-7-9-16-10-8-12/h12-13,15H,5-11H2,1-4H3. The molecule has 2 unspecified atom stereocenters. The minimum Gasteiger partial charge on any atom is -0.381 e. The average Bonchev–Trinajstić information content (AvgIpc) is 2.37. The molecule has 0 saturated carbocycles. The molecule has 0 aromatic carbocycles. The normalized spacial score (nSPS) is 23.3. The minimum atomic E-state index is -0.0399. The lowest BCUT2D eigenvalue weighted by Gasteiger charge is -2.39. The zero-order valence-electron chi connectivity index (χ0n) is 11.9. The van der Waals surface area contributed by atoms with E-state index in [9.17, 15) is 0 Å². The van der Waals surface area contributed by atoms with E-state index in [4.69, 9.17) is 9.47 Å². The third kappa shape index (κ3) is 4.23. The van der Waals surface area contributed by atoms with Crippen LogP contribution in [0.4, 0.5) is 0 Å². The van der Waals surface area contributed by atoms with Gasteiger partial charge in [-0.2, -0.15) is 0 Å². The molecule has 1 aliphatic rings. The van der Waals surface area contributed by atoms with Gasteiger partial charge in [-0.25, -0.2) is 0 Å². The lowest BCUT2D eigenvalue weighted by molar-refractivity contribution is -0.0624. The number of hydrogen-bond acceptors (Lipinski definition) is 3. The maximum Gasteiger partial charge on any atom is 0.0803 e. The second-order valence-electron chi connectivity index (χ2n) is 5.23. The molecule has 0 amide bonds. The van der Waals surface area contributed by atoms with Crippen molar-refractivity contribution < 1.29 is 9.47 Å². The summed E-state index contributed by atoms with van der Waals surface area (Å²) in [6, 6.07) is 0.440. The van der Waals surface area contributed by atoms with Crippen LogP contribution in [0.5, 0.6) is 0 Å². The monoisotopic (exact) mass is 243 g/mol. The summed E-state index contributed by atoms with van der Waals surface area (Å²) in [5.74, 6) is 0.785. The molecular weight excluding hydrogens is 214 g/mol. The molecule has 0 radical (unpaired) electrons. The summed E-state index contributed by atoms with van der Waals surface area (Å²) in [6.45, 7) is 9.17. The van der Waals surface area contributed by atoms with Gasteiger partial charge >= 0.3 is 0 Å². The van der Waals surface area contributed by atoms with Crippen molar-refractivity contribution in [2.45, 2.75) is 58.1 Å². The van der Waals surface area contributed by atoms with Crippen molar-refractivity contribution >= 4 is 0 Å². The fourth-order valence-electron chi connectivity index (χ4n) is 2.77. The van der Waals surface area contributed by atoms with Crippen LogP contribution in [0.3, 0.4) is 0 Å². The minimum absolute atomic E-state index is 0.0399. The van der Waals surface area contributed by atoms with E-state index in [-0.39, 0.29) is 5.60 Å². The van der Waals surface area contributed by atoms with Crippen molar-refractivity contribution in [3.63, 3.8) is 0 Å². The molecule has 1 fully saturated rings. The van der Waals surface area contributed by atoms with Crippen LogP contribution in [0.1, 0.15) is 46.5 Å². The Morgan fingerprint density at radius 1 is 1.35 bits per heavy atom. The molecule has 3 nitrogen and oxygen atoms in total. The van der Waals surface area contributed by atoms with E-state index < -0.39 is 0 Å². The van der Waals surface area contributed by atoms with E-state index in [1.54, 1.807) is 0 Å². The highest BCUT2D eigenvalue weighted by Crippen LogP contribution is 2.28. The first-order valence-electron chi connectivity index (χ1n) is 7.05. The summed E-state index contributed by atoms with van der Waals surface area (Å²) < 4.78 is 11.4. The van der Waals surface area contributed by atoms with Gasteiger partial charge in [0.25, 0.3) is 0 Å². The molecule has 1 saturated heterocycles. The summed E-state index contributed by atoms with van der Waals surface area (Å²) in [5.41, 5.74) is -0.0399. The Morgan fingerprint density at radius 3 is 2.47 bits per heavy atom. The topological polar surface area (TPSA) is 30.5 Å². The van der Waals surface area contributed by atoms with Crippen molar-refractivity contribution in [1.82, 2.24) is 5.32 Å². The highest BCUT2D eigenvalue weighted by Gasteiger charge is 2.34. The van der Waals surface area contributed by atoms with Crippen molar-refractivity contribution in [2.24, 2.45) is 5.92 Å². The van der Waals surface area contributed by atoms with Gasteiger partial charge in [-0.15, -0.1) is 0 Å². The number of likely N-dealkylation sites (N-methyl/N-ethyl adjacent to an activating group) is 1. The predicted octanol–water partition coefficient (Wildman–Crippen LogP) is 2.60. The molecule has 1 aliphatic heterocycles. The van der Waals surface area contributed by atoms with Crippen LogP contribution in [-0.4, -0.2) is 38.5 Å². The van der Waals surface area contributed by atoms with E-state index in [1.807, 2.05) is 0 Å². The van der Waals surface area contributed by atoms with Crippen LogP contribution in [0, 0.1) is 5.92 Å². The van der Waals surface area contributed by atoms with E-state index in [0.29, 0.717) is 6.04 Å². The highest BCUT2D eigenvalue weighted by molar-refractivity contribution is 4.89. The smallest absolute Gasteiger partial charge is 0.0803 e. The number of hydrogen-bond donors (Lipinski definition) is 1. The van der Waals surface area contributed by atoms with E-state index in [1.165, 1.54) is 19.3 Å². The van der Waals surface area contributed by atoms with Gasteiger partial charge in [-0.1, -0.05) is 6.92 Å². The first-order valence-corrected chi connectivity index (χ1v) is 7.05. The average molecular weight is 243 g/mol. The summed E-state index contributed by atoms with van der Waals surface area (Å²) in [6.07, 6.45) is 4.65. The molecule has 1 heterocycles. The van der Waals surface area contributed by atoms with Crippen molar-refractivity contribution in [3.8, 4) is 0 Å². The molecule has 0 bridgehead atoms. The fraction of sp³-hybridized carbons (Fsp3) is 1.00. The SMILES string of the molecule is CCOC(C)(CC)C(CC1CCOCC1)NC. The van der Waals surface area contributed by atoms with Crippen LogP contribution < -0.4 is 5.32 Å². The van der Waals surface area contributed by atoms with Gasteiger partial charge in [0, 0.05) is 25.9 Å².